The second kappa shape index (κ2) is 7.79. The topological polar surface area (TPSA) is 88.8 Å². The zero-order valence-corrected chi connectivity index (χ0v) is 15.4. The van der Waals surface area contributed by atoms with E-state index < -0.39 is 10.9 Å². The van der Waals surface area contributed by atoms with E-state index in [1.165, 1.54) is 13.2 Å². The highest BCUT2D eigenvalue weighted by Crippen LogP contribution is 2.28. The van der Waals surface area contributed by atoms with Crippen LogP contribution in [0.4, 0.5) is 11.4 Å². The highest BCUT2D eigenvalue weighted by Gasteiger charge is 2.26. The number of anilines is 1. The normalized spacial score (nSPS) is 16.3. The molecule has 1 unspecified atom stereocenters. The number of piperazine rings is 1. The van der Waals surface area contributed by atoms with Crippen molar-refractivity contribution in [2.24, 2.45) is 0 Å². The predicted molar refractivity (Wildman–Crippen MR) is 98.8 cm³/mol. The fourth-order valence-corrected chi connectivity index (χ4v) is 3.85. The van der Waals surface area contributed by atoms with Gasteiger partial charge in [-0.15, -0.1) is 11.3 Å². The Bertz CT molecular complexity index is 788. The molecule has 2 aromatic rings. The minimum atomic E-state index is -0.699. The van der Waals surface area contributed by atoms with Gasteiger partial charge in [-0.1, -0.05) is 0 Å². The molecule has 138 valence electrons. The van der Waals surface area contributed by atoms with Crippen molar-refractivity contribution < 1.29 is 14.5 Å². The van der Waals surface area contributed by atoms with Crippen LogP contribution in [0.5, 0.6) is 0 Å². The minimum absolute atomic E-state index is 0.0198. The molecule has 1 aromatic heterocycles. The van der Waals surface area contributed by atoms with Crippen molar-refractivity contribution in [2.45, 2.75) is 13.0 Å². The fourth-order valence-electron chi connectivity index (χ4n) is 3.12. The summed E-state index contributed by atoms with van der Waals surface area (Å²) < 4.78 is 4.68. The summed E-state index contributed by atoms with van der Waals surface area (Å²) in [6.45, 7) is 5.40. The lowest BCUT2D eigenvalue weighted by Crippen LogP contribution is -2.47. The summed E-state index contributed by atoms with van der Waals surface area (Å²) in [6.07, 6.45) is 1.82. The van der Waals surface area contributed by atoms with E-state index in [9.17, 15) is 14.9 Å². The Hall–Kier alpha value is -2.52. The third-order valence-corrected chi connectivity index (χ3v) is 5.56. The molecule has 0 aliphatic carbocycles. The summed E-state index contributed by atoms with van der Waals surface area (Å²) >= 11 is 1.65. The Morgan fingerprint density at radius 3 is 2.65 bits per heavy atom. The van der Waals surface area contributed by atoms with Crippen LogP contribution >= 0.6 is 11.3 Å². The molecule has 0 bridgehead atoms. The highest BCUT2D eigenvalue weighted by molar-refractivity contribution is 7.09. The molecule has 1 aliphatic rings. The molecule has 1 saturated heterocycles. The average molecular weight is 376 g/mol. The molecule has 2 heterocycles. The van der Waals surface area contributed by atoms with Gasteiger partial charge in [-0.25, -0.2) is 9.78 Å². The van der Waals surface area contributed by atoms with Gasteiger partial charge in [0, 0.05) is 49.5 Å². The second-order valence-electron chi connectivity index (χ2n) is 6.02. The molecule has 1 aromatic carbocycles. The molecule has 0 N–H and O–H groups in total. The average Bonchev–Trinajstić information content (AvgIpc) is 3.21. The lowest BCUT2D eigenvalue weighted by atomic mass is 10.1. The van der Waals surface area contributed by atoms with E-state index in [0.29, 0.717) is 0 Å². The monoisotopic (exact) mass is 376 g/mol. The zero-order chi connectivity index (χ0) is 18.7. The van der Waals surface area contributed by atoms with Gasteiger partial charge in [0.2, 0.25) is 0 Å². The number of esters is 1. The first kappa shape index (κ1) is 18.3. The molecule has 0 spiro atoms. The molecule has 9 heteroatoms. The van der Waals surface area contributed by atoms with Gasteiger partial charge in [0.1, 0.15) is 10.6 Å². The van der Waals surface area contributed by atoms with Crippen LogP contribution in [0.25, 0.3) is 0 Å². The van der Waals surface area contributed by atoms with Crippen LogP contribution in [0, 0.1) is 10.1 Å². The maximum Gasteiger partial charge on any atom is 0.344 e. The van der Waals surface area contributed by atoms with Crippen molar-refractivity contribution in [3.63, 3.8) is 0 Å². The summed E-state index contributed by atoms with van der Waals surface area (Å²) in [5.74, 6) is -0.699. The van der Waals surface area contributed by atoms with Crippen molar-refractivity contribution in [1.29, 1.82) is 0 Å². The van der Waals surface area contributed by atoms with E-state index in [1.807, 2.05) is 11.6 Å². The molecule has 26 heavy (non-hydrogen) atoms. The molecule has 1 atom stereocenters. The van der Waals surface area contributed by atoms with Gasteiger partial charge in [0.15, 0.2) is 0 Å². The number of carbonyl (C=O) groups is 1. The molecular formula is C17H20N4O4S. The molecule has 1 aliphatic heterocycles. The van der Waals surface area contributed by atoms with Crippen molar-refractivity contribution >= 4 is 28.7 Å². The summed E-state index contributed by atoms with van der Waals surface area (Å²) in [5, 5.41) is 14.2. The first-order valence-electron chi connectivity index (χ1n) is 8.26. The van der Waals surface area contributed by atoms with Crippen LogP contribution in [0.15, 0.2) is 29.8 Å². The highest BCUT2D eigenvalue weighted by atomic mass is 32.1. The molecule has 3 rings (SSSR count). The van der Waals surface area contributed by atoms with E-state index in [4.69, 9.17) is 0 Å². The van der Waals surface area contributed by atoms with E-state index in [0.717, 1.165) is 36.9 Å². The fraction of sp³-hybridized carbons (Fsp3) is 0.412. The number of nitrogens with zero attached hydrogens (tertiary/aromatic N) is 4. The third-order valence-electron chi connectivity index (χ3n) is 4.62. The summed E-state index contributed by atoms with van der Waals surface area (Å²) in [4.78, 5) is 31.3. The molecule has 8 nitrogen and oxygen atoms in total. The number of hydrogen-bond donors (Lipinski definition) is 0. The zero-order valence-electron chi connectivity index (χ0n) is 14.6. The molecule has 0 saturated carbocycles. The first-order chi connectivity index (χ1) is 12.5. The van der Waals surface area contributed by atoms with Crippen molar-refractivity contribution in [3.8, 4) is 0 Å². The smallest absolute Gasteiger partial charge is 0.344 e. The SMILES string of the molecule is COC(=O)c1cc(N2CCN(C(C)c3nccs3)CC2)ccc1[N+](=O)[O-]. The van der Waals surface area contributed by atoms with Crippen LogP contribution in [0.3, 0.4) is 0 Å². The van der Waals surface area contributed by atoms with Gasteiger partial charge in [-0.05, 0) is 19.1 Å². The van der Waals surface area contributed by atoms with Crippen LogP contribution in [0.2, 0.25) is 0 Å². The molecule has 0 radical (unpaired) electrons. The van der Waals surface area contributed by atoms with Gasteiger partial charge in [-0.3, -0.25) is 15.0 Å². The van der Waals surface area contributed by atoms with Gasteiger partial charge >= 0.3 is 5.97 Å². The van der Waals surface area contributed by atoms with Crippen molar-refractivity contribution in [2.75, 3.05) is 38.2 Å². The van der Waals surface area contributed by atoms with Crippen LogP contribution in [-0.4, -0.2) is 54.1 Å². The quantitative estimate of drug-likeness (QED) is 0.450. The standard InChI is InChI=1S/C17H20N4O4S/c1-12(16-18-5-10-26-16)19-6-8-20(9-7-19)13-3-4-15(21(23)24)14(11-13)17(22)25-2/h3-5,10-12H,6-9H2,1-2H3. The second-order valence-corrected chi connectivity index (χ2v) is 6.95. The van der Waals surface area contributed by atoms with Crippen molar-refractivity contribution in [3.05, 3.63) is 50.5 Å². The summed E-state index contributed by atoms with van der Waals surface area (Å²) in [6, 6.07) is 4.86. The Labute approximate surface area is 155 Å². The van der Waals surface area contributed by atoms with E-state index in [2.05, 4.69) is 26.4 Å². The number of thiazole rings is 1. The van der Waals surface area contributed by atoms with Crippen LogP contribution in [-0.2, 0) is 4.74 Å². The molecule has 0 amide bonds. The predicted octanol–water partition coefficient (Wildman–Crippen LogP) is 2.72. The number of carbonyl (C=O) groups excluding carboxylic acids is 1. The van der Waals surface area contributed by atoms with E-state index in [-0.39, 0.29) is 17.3 Å². The first-order valence-corrected chi connectivity index (χ1v) is 9.14. The van der Waals surface area contributed by atoms with E-state index >= 15 is 0 Å². The number of methoxy groups -OCH3 is 1. The Morgan fingerprint density at radius 1 is 1.35 bits per heavy atom. The third kappa shape index (κ3) is 3.68. The van der Waals surface area contributed by atoms with Gasteiger partial charge in [-0.2, -0.15) is 0 Å². The Morgan fingerprint density at radius 2 is 2.08 bits per heavy atom. The Balaban J connectivity index is 1.73. The van der Waals surface area contributed by atoms with Gasteiger partial charge in [0.25, 0.3) is 5.69 Å². The summed E-state index contributed by atoms with van der Waals surface area (Å²) in [7, 11) is 1.22. The van der Waals surface area contributed by atoms with Crippen LogP contribution in [0.1, 0.15) is 28.3 Å². The maximum absolute atomic E-state index is 11.9. The van der Waals surface area contributed by atoms with Gasteiger partial charge in [0.05, 0.1) is 18.1 Å². The number of nitro groups is 1. The number of nitro benzene ring substituents is 1. The largest absolute Gasteiger partial charge is 0.465 e. The number of benzene rings is 1. The lowest BCUT2D eigenvalue weighted by molar-refractivity contribution is -0.385. The van der Waals surface area contributed by atoms with Gasteiger partial charge < -0.3 is 9.64 Å². The Kier molecular flexibility index (Phi) is 5.48. The maximum atomic E-state index is 11.9. The number of hydrogen-bond acceptors (Lipinski definition) is 8. The summed E-state index contributed by atoms with van der Waals surface area (Å²) in [5.41, 5.74) is 0.530. The number of rotatable bonds is 5. The lowest BCUT2D eigenvalue weighted by Gasteiger charge is -2.38. The molecular weight excluding hydrogens is 356 g/mol. The molecule has 1 fully saturated rings. The van der Waals surface area contributed by atoms with Crippen LogP contribution < -0.4 is 4.90 Å². The minimum Gasteiger partial charge on any atom is -0.465 e. The van der Waals surface area contributed by atoms with E-state index in [1.54, 1.807) is 23.5 Å². The van der Waals surface area contributed by atoms with Crippen molar-refractivity contribution in [1.82, 2.24) is 9.88 Å². The number of ether oxygens (including phenoxy) is 1. The number of aromatic nitrogens is 1.